The maximum atomic E-state index is 10.9. The number of ether oxygens (including phenoxy) is 2. The number of carboxylic acids is 2. The molecule has 4 N–H and O–H groups in total. The Hall–Kier alpha value is -1.67. The highest BCUT2D eigenvalue weighted by atomic mass is 16.5. The molecule has 1 saturated heterocycles. The van der Waals surface area contributed by atoms with E-state index in [2.05, 4.69) is 0 Å². The van der Waals surface area contributed by atoms with Crippen molar-refractivity contribution >= 4 is 17.9 Å². The molecule has 0 aromatic carbocycles. The van der Waals surface area contributed by atoms with E-state index in [-0.39, 0.29) is 12.4 Å². The maximum Gasteiger partial charge on any atom is 0.414 e. The lowest BCUT2D eigenvalue weighted by atomic mass is 9.95. The van der Waals surface area contributed by atoms with Crippen LogP contribution < -0.4 is 5.73 Å². The summed E-state index contributed by atoms with van der Waals surface area (Å²) in [7, 11) is 0. The molecule has 0 aromatic heterocycles. The molecule has 1 heterocycles. The first-order valence-electron chi connectivity index (χ1n) is 4.79. The molecule has 8 heteroatoms. The van der Waals surface area contributed by atoms with Crippen LogP contribution in [0.1, 0.15) is 13.3 Å². The quantitative estimate of drug-likeness (QED) is 0.420. The van der Waals surface area contributed by atoms with E-state index in [0.717, 1.165) is 0 Å². The molecule has 8 nitrogen and oxygen atoms in total. The third kappa shape index (κ3) is 6.48. The van der Waals surface area contributed by atoms with Gasteiger partial charge in [0.05, 0.1) is 31.8 Å². The fourth-order valence-electron chi connectivity index (χ4n) is 0.966. The summed E-state index contributed by atoms with van der Waals surface area (Å²) in [6.07, 6.45) is 0.265. The summed E-state index contributed by atoms with van der Waals surface area (Å²) in [5.41, 5.74) is 5.26. The molecule has 0 radical (unpaired) electrons. The predicted molar refractivity (Wildman–Crippen MR) is 54.3 cm³/mol. The highest BCUT2D eigenvalue weighted by Gasteiger charge is 2.36. The Morgan fingerprint density at radius 2 is 1.76 bits per heavy atom. The van der Waals surface area contributed by atoms with Crippen molar-refractivity contribution in [3.63, 3.8) is 0 Å². The third-order valence-corrected chi connectivity index (χ3v) is 1.76. The van der Waals surface area contributed by atoms with E-state index in [1.165, 1.54) is 0 Å². The summed E-state index contributed by atoms with van der Waals surface area (Å²) in [5.74, 6) is -3.89. The standard InChI is InChI=1S/C7H13NO3.C2H2O4/c1-2-11-6(9)3-7(8)4-10-5-7;3-1(4)2(5)6/h2-5,8H2,1H3;(H,3,4)(H,5,6). The molecule has 1 fully saturated rings. The second-order valence-corrected chi connectivity index (χ2v) is 3.45. The van der Waals surface area contributed by atoms with Crippen LogP contribution in [0.15, 0.2) is 0 Å². The maximum absolute atomic E-state index is 10.9. The predicted octanol–water partition coefficient (Wildman–Crippen LogP) is -1.18. The van der Waals surface area contributed by atoms with Crippen molar-refractivity contribution in [3.05, 3.63) is 0 Å². The van der Waals surface area contributed by atoms with E-state index in [9.17, 15) is 4.79 Å². The average molecular weight is 249 g/mol. The van der Waals surface area contributed by atoms with Gasteiger partial charge in [0.15, 0.2) is 0 Å². The van der Waals surface area contributed by atoms with Gasteiger partial charge < -0.3 is 25.4 Å². The Balaban J connectivity index is 0.000000366. The fourth-order valence-corrected chi connectivity index (χ4v) is 0.966. The Morgan fingerprint density at radius 1 is 1.29 bits per heavy atom. The fraction of sp³-hybridized carbons (Fsp3) is 0.667. The highest BCUT2D eigenvalue weighted by Crippen LogP contribution is 2.17. The molecule has 0 aromatic rings. The smallest absolute Gasteiger partial charge is 0.414 e. The summed E-state index contributed by atoms with van der Waals surface area (Å²) >= 11 is 0. The van der Waals surface area contributed by atoms with Crippen molar-refractivity contribution < 1.29 is 34.1 Å². The summed E-state index contributed by atoms with van der Waals surface area (Å²) in [6.45, 7) is 3.12. The topological polar surface area (TPSA) is 136 Å². The van der Waals surface area contributed by atoms with E-state index in [0.29, 0.717) is 19.8 Å². The van der Waals surface area contributed by atoms with Crippen LogP contribution >= 0.6 is 0 Å². The second kappa shape index (κ2) is 6.81. The first-order valence-corrected chi connectivity index (χ1v) is 4.79. The Bertz CT molecular complexity index is 286. The van der Waals surface area contributed by atoms with Gasteiger partial charge in [-0.25, -0.2) is 9.59 Å². The molecule has 0 bridgehead atoms. The van der Waals surface area contributed by atoms with Gasteiger partial charge in [-0.3, -0.25) is 4.79 Å². The first kappa shape index (κ1) is 15.3. The minimum absolute atomic E-state index is 0.238. The van der Waals surface area contributed by atoms with Crippen LogP contribution in [0, 0.1) is 0 Å². The molecule has 1 aliphatic rings. The van der Waals surface area contributed by atoms with E-state index in [1.807, 2.05) is 0 Å². The van der Waals surface area contributed by atoms with Crippen LogP contribution in [-0.4, -0.2) is 53.5 Å². The van der Waals surface area contributed by atoms with E-state index in [4.69, 9.17) is 35.0 Å². The molecule has 1 rings (SSSR count). The van der Waals surface area contributed by atoms with E-state index in [1.54, 1.807) is 6.92 Å². The number of nitrogens with two attached hydrogens (primary N) is 1. The van der Waals surface area contributed by atoms with Gasteiger partial charge in [0.2, 0.25) is 0 Å². The van der Waals surface area contributed by atoms with Crippen molar-refractivity contribution in [1.82, 2.24) is 0 Å². The minimum atomic E-state index is -1.82. The summed E-state index contributed by atoms with van der Waals surface area (Å²) in [5, 5.41) is 14.8. The molecule has 0 aliphatic carbocycles. The SMILES string of the molecule is CCOC(=O)CC1(N)COC1.O=C(O)C(=O)O. The zero-order chi connectivity index (χ0) is 13.5. The van der Waals surface area contributed by atoms with Crippen LogP contribution in [-0.2, 0) is 23.9 Å². The molecule has 98 valence electrons. The summed E-state index contributed by atoms with van der Waals surface area (Å²) in [6, 6.07) is 0. The van der Waals surface area contributed by atoms with Gasteiger partial charge in [-0.1, -0.05) is 0 Å². The number of aliphatic carboxylic acids is 2. The van der Waals surface area contributed by atoms with Gasteiger partial charge in [-0.2, -0.15) is 0 Å². The van der Waals surface area contributed by atoms with E-state index >= 15 is 0 Å². The third-order valence-electron chi connectivity index (χ3n) is 1.76. The van der Waals surface area contributed by atoms with Crippen LogP contribution in [0.2, 0.25) is 0 Å². The number of carbonyl (C=O) groups is 3. The Kier molecular flexibility index (Phi) is 6.15. The van der Waals surface area contributed by atoms with Crippen molar-refractivity contribution in [2.45, 2.75) is 18.9 Å². The number of hydrogen-bond donors (Lipinski definition) is 3. The zero-order valence-electron chi connectivity index (χ0n) is 9.34. The van der Waals surface area contributed by atoms with Crippen LogP contribution in [0.4, 0.5) is 0 Å². The number of carbonyl (C=O) groups excluding carboxylic acids is 1. The van der Waals surface area contributed by atoms with Gasteiger partial charge >= 0.3 is 17.9 Å². The van der Waals surface area contributed by atoms with Crippen molar-refractivity contribution in [2.75, 3.05) is 19.8 Å². The lowest BCUT2D eigenvalue weighted by Gasteiger charge is -2.36. The molecule has 0 unspecified atom stereocenters. The molecule has 17 heavy (non-hydrogen) atoms. The summed E-state index contributed by atoms with van der Waals surface area (Å²) < 4.78 is 9.62. The molecule has 0 atom stereocenters. The molecular weight excluding hydrogens is 234 g/mol. The highest BCUT2D eigenvalue weighted by molar-refractivity contribution is 6.27. The number of hydrogen-bond acceptors (Lipinski definition) is 6. The van der Waals surface area contributed by atoms with Gasteiger partial charge in [0, 0.05) is 0 Å². The van der Waals surface area contributed by atoms with Crippen LogP contribution in [0.25, 0.3) is 0 Å². The van der Waals surface area contributed by atoms with Gasteiger partial charge in [0.25, 0.3) is 0 Å². The first-order chi connectivity index (χ1) is 7.80. The van der Waals surface area contributed by atoms with Crippen LogP contribution in [0.3, 0.4) is 0 Å². The van der Waals surface area contributed by atoms with Crippen LogP contribution in [0.5, 0.6) is 0 Å². The lowest BCUT2D eigenvalue weighted by molar-refractivity contribution is -0.159. The van der Waals surface area contributed by atoms with Gasteiger partial charge in [0.1, 0.15) is 0 Å². The molecule has 0 amide bonds. The molecule has 0 saturated carbocycles. The van der Waals surface area contributed by atoms with E-state index < -0.39 is 17.5 Å². The Labute approximate surface area is 97.3 Å². The monoisotopic (exact) mass is 249 g/mol. The molecule has 0 spiro atoms. The number of rotatable bonds is 3. The average Bonchev–Trinajstić information content (AvgIpc) is 2.16. The van der Waals surface area contributed by atoms with Crippen molar-refractivity contribution in [2.24, 2.45) is 5.73 Å². The minimum Gasteiger partial charge on any atom is -0.473 e. The second-order valence-electron chi connectivity index (χ2n) is 3.45. The number of esters is 1. The molecule has 1 aliphatic heterocycles. The van der Waals surface area contributed by atoms with Crippen molar-refractivity contribution in [3.8, 4) is 0 Å². The van der Waals surface area contributed by atoms with Gasteiger partial charge in [-0.05, 0) is 6.92 Å². The Morgan fingerprint density at radius 3 is 2.00 bits per heavy atom. The zero-order valence-corrected chi connectivity index (χ0v) is 9.34. The summed E-state index contributed by atoms with van der Waals surface area (Å²) in [4.78, 5) is 29.1. The normalized spacial score (nSPS) is 15.9. The molecular formula is C9H15NO7. The van der Waals surface area contributed by atoms with Gasteiger partial charge in [-0.15, -0.1) is 0 Å². The van der Waals surface area contributed by atoms with Crippen molar-refractivity contribution in [1.29, 1.82) is 0 Å². The lowest BCUT2D eigenvalue weighted by Crippen LogP contribution is -2.58. The number of carboxylic acid groups (broad SMARTS) is 2. The largest absolute Gasteiger partial charge is 0.473 e.